The number of ketones is 1. The lowest BCUT2D eigenvalue weighted by atomic mass is 10.1. The summed E-state index contributed by atoms with van der Waals surface area (Å²) in [4.78, 5) is 18.5. The van der Waals surface area contributed by atoms with Gasteiger partial charge < -0.3 is 9.80 Å². The number of hydrogen-bond acceptors (Lipinski definition) is 4. The highest BCUT2D eigenvalue weighted by Crippen LogP contribution is 2.25. The Balaban J connectivity index is 1.93. The zero-order valence-corrected chi connectivity index (χ0v) is 13.9. The highest BCUT2D eigenvalue weighted by Gasteiger charge is 2.18. The number of nitrogens with zero attached hydrogens (tertiary/aromatic N) is 3. The third kappa shape index (κ3) is 4.43. The molecule has 4 nitrogen and oxygen atoms in total. The molecule has 1 aliphatic heterocycles. The molecule has 0 radical (unpaired) electrons. The summed E-state index contributed by atoms with van der Waals surface area (Å²) in [5.41, 5.74) is 1.71. The van der Waals surface area contributed by atoms with Crippen LogP contribution in [-0.2, 0) is 0 Å². The lowest BCUT2D eigenvalue weighted by molar-refractivity contribution is 0.101. The minimum absolute atomic E-state index is 0.0139. The average Bonchev–Trinajstić information content (AvgIpc) is 2.45. The molecule has 5 heteroatoms. The summed E-state index contributed by atoms with van der Waals surface area (Å²) < 4.78 is 0. The Morgan fingerprint density at radius 2 is 1.90 bits per heavy atom. The molecule has 1 aliphatic rings. The summed E-state index contributed by atoms with van der Waals surface area (Å²) >= 11 is 6.19. The van der Waals surface area contributed by atoms with E-state index >= 15 is 0 Å². The highest BCUT2D eigenvalue weighted by molar-refractivity contribution is 6.34. The first-order chi connectivity index (χ1) is 9.97. The van der Waals surface area contributed by atoms with Crippen molar-refractivity contribution in [3.05, 3.63) is 28.8 Å². The number of piperazine rings is 1. The summed E-state index contributed by atoms with van der Waals surface area (Å²) in [6, 6.07) is 5.74. The number of likely N-dealkylation sites (N-methyl/N-ethyl adjacent to an activating group) is 1. The van der Waals surface area contributed by atoms with Gasteiger partial charge >= 0.3 is 0 Å². The molecule has 0 bridgehead atoms. The number of carbonyl (C=O) groups is 1. The molecule has 2 rings (SSSR count). The van der Waals surface area contributed by atoms with Crippen molar-refractivity contribution in [1.29, 1.82) is 0 Å². The third-order valence-corrected chi connectivity index (χ3v) is 4.25. The molecule has 1 heterocycles. The Morgan fingerprint density at radius 3 is 2.43 bits per heavy atom. The first kappa shape index (κ1) is 16.3. The van der Waals surface area contributed by atoms with Crippen molar-refractivity contribution in [3.63, 3.8) is 0 Å². The number of anilines is 1. The van der Waals surface area contributed by atoms with E-state index in [1.54, 1.807) is 6.92 Å². The second-order valence-corrected chi connectivity index (χ2v) is 6.26. The molecule has 0 aliphatic carbocycles. The van der Waals surface area contributed by atoms with E-state index in [0.717, 1.165) is 45.0 Å². The molecule has 116 valence electrons. The number of carbonyl (C=O) groups excluding carboxylic acids is 1. The first-order valence-electron chi connectivity index (χ1n) is 7.40. The van der Waals surface area contributed by atoms with E-state index in [2.05, 4.69) is 28.8 Å². The molecule has 1 saturated heterocycles. The molecular formula is C16H24ClN3O. The van der Waals surface area contributed by atoms with Crippen LogP contribution in [0.1, 0.15) is 17.3 Å². The molecule has 0 N–H and O–H groups in total. The SMILES string of the molecule is CC(=O)c1ccc(N2CCN(CCN(C)C)CC2)cc1Cl. The van der Waals surface area contributed by atoms with Gasteiger partial charge in [-0.1, -0.05) is 11.6 Å². The largest absolute Gasteiger partial charge is 0.369 e. The molecule has 0 amide bonds. The summed E-state index contributed by atoms with van der Waals surface area (Å²) in [6.45, 7) is 7.90. The van der Waals surface area contributed by atoms with Crippen LogP contribution < -0.4 is 4.90 Å². The molecule has 0 aromatic heterocycles. The van der Waals surface area contributed by atoms with Gasteiger partial charge in [-0.25, -0.2) is 0 Å². The van der Waals surface area contributed by atoms with Gasteiger partial charge in [-0.2, -0.15) is 0 Å². The van der Waals surface area contributed by atoms with Crippen molar-refractivity contribution in [2.24, 2.45) is 0 Å². The molecule has 1 fully saturated rings. The minimum Gasteiger partial charge on any atom is -0.369 e. The number of Topliss-reactive ketones (excluding diaryl/α,β-unsaturated/α-hetero) is 1. The fraction of sp³-hybridized carbons (Fsp3) is 0.562. The van der Waals surface area contributed by atoms with Crippen LogP contribution in [0.5, 0.6) is 0 Å². The van der Waals surface area contributed by atoms with E-state index < -0.39 is 0 Å². The second kappa shape index (κ2) is 7.25. The van der Waals surface area contributed by atoms with Crippen LogP contribution >= 0.6 is 11.6 Å². The van der Waals surface area contributed by atoms with Gasteiger partial charge in [0.05, 0.1) is 5.02 Å². The maximum Gasteiger partial charge on any atom is 0.161 e. The average molecular weight is 310 g/mol. The Kier molecular flexibility index (Phi) is 5.62. The van der Waals surface area contributed by atoms with E-state index in [4.69, 9.17) is 11.6 Å². The fourth-order valence-electron chi connectivity index (χ4n) is 2.56. The number of hydrogen-bond donors (Lipinski definition) is 0. The van der Waals surface area contributed by atoms with Crippen LogP contribution in [0.3, 0.4) is 0 Å². The summed E-state index contributed by atoms with van der Waals surface area (Å²) in [7, 11) is 4.21. The lowest BCUT2D eigenvalue weighted by Gasteiger charge is -2.36. The van der Waals surface area contributed by atoms with Crippen LogP contribution in [-0.4, -0.2) is 68.9 Å². The van der Waals surface area contributed by atoms with E-state index in [0.29, 0.717) is 10.6 Å². The molecule has 0 atom stereocenters. The van der Waals surface area contributed by atoms with Gasteiger partial charge in [-0.05, 0) is 39.2 Å². The summed E-state index contributed by atoms with van der Waals surface area (Å²) in [6.07, 6.45) is 0. The Labute approximate surface area is 132 Å². The quantitative estimate of drug-likeness (QED) is 0.779. The number of benzene rings is 1. The van der Waals surface area contributed by atoms with Crippen molar-refractivity contribution >= 4 is 23.1 Å². The molecule has 0 unspecified atom stereocenters. The normalized spacial score (nSPS) is 16.5. The van der Waals surface area contributed by atoms with Crippen molar-refractivity contribution in [1.82, 2.24) is 9.80 Å². The molecular weight excluding hydrogens is 286 g/mol. The molecule has 0 saturated carbocycles. The maximum atomic E-state index is 11.4. The van der Waals surface area contributed by atoms with E-state index in [1.807, 2.05) is 18.2 Å². The first-order valence-corrected chi connectivity index (χ1v) is 7.77. The predicted octanol–water partition coefficient (Wildman–Crippen LogP) is 2.23. The van der Waals surface area contributed by atoms with Gasteiger partial charge in [-0.3, -0.25) is 9.69 Å². The zero-order valence-electron chi connectivity index (χ0n) is 13.1. The summed E-state index contributed by atoms with van der Waals surface area (Å²) in [5, 5.41) is 0.551. The van der Waals surface area contributed by atoms with Crippen LogP contribution in [0.2, 0.25) is 5.02 Å². The van der Waals surface area contributed by atoms with Crippen molar-refractivity contribution in [2.75, 3.05) is 58.3 Å². The van der Waals surface area contributed by atoms with Gasteiger partial charge in [0.25, 0.3) is 0 Å². The fourth-order valence-corrected chi connectivity index (χ4v) is 2.87. The van der Waals surface area contributed by atoms with E-state index in [-0.39, 0.29) is 5.78 Å². The van der Waals surface area contributed by atoms with Crippen LogP contribution in [0.15, 0.2) is 18.2 Å². The maximum absolute atomic E-state index is 11.4. The van der Waals surface area contributed by atoms with Gasteiger partial charge in [0.2, 0.25) is 0 Å². The number of rotatable bonds is 5. The predicted molar refractivity (Wildman–Crippen MR) is 88.7 cm³/mol. The molecule has 1 aromatic carbocycles. The Morgan fingerprint density at radius 1 is 1.24 bits per heavy atom. The van der Waals surface area contributed by atoms with Crippen LogP contribution in [0.25, 0.3) is 0 Å². The molecule has 1 aromatic rings. The lowest BCUT2D eigenvalue weighted by Crippen LogP contribution is -2.48. The Hall–Kier alpha value is -1.10. The standard InChI is InChI=1S/C16H24ClN3O/c1-13(21)15-5-4-14(12-16(15)17)20-10-8-19(9-11-20)7-6-18(2)3/h4-5,12H,6-11H2,1-3H3. The van der Waals surface area contributed by atoms with Crippen molar-refractivity contribution in [2.45, 2.75) is 6.92 Å². The van der Waals surface area contributed by atoms with Crippen LogP contribution in [0, 0.1) is 0 Å². The van der Waals surface area contributed by atoms with Crippen LogP contribution in [0.4, 0.5) is 5.69 Å². The van der Waals surface area contributed by atoms with Gasteiger partial charge in [0, 0.05) is 50.5 Å². The smallest absolute Gasteiger partial charge is 0.161 e. The second-order valence-electron chi connectivity index (χ2n) is 5.85. The topological polar surface area (TPSA) is 26.8 Å². The zero-order chi connectivity index (χ0) is 15.4. The monoisotopic (exact) mass is 309 g/mol. The number of halogens is 1. The molecule has 0 spiro atoms. The van der Waals surface area contributed by atoms with Crippen molar-refractivity contribution in [3.8, 4) is 0 Å². The molecule has 21 heavy (non-hydrogen) atoms. The highest BCUT2D eigenvalue weighted by atomic mass is 35.5. The van der Waals surface area contributed by atoms with Gasteiger partial charge in [-0.15, -0.1) is 0 Å². The van der Waals surface area contributed by atoms with Crippen molar-refractivity contribution < 1.29 is 4.79 Å². The van der Waals surface area contributed by atoms with Gasteiger partial charge in [0.15, 0.2) is 5.78 Å². The minimum atomic E-state index is 0.0139. The summed E-state index contributed by atoms with van der Waals surface area (Å²) in [5.74, 6) is 0.0139. The van der Waals surface area contributed by atoms with E-state index in [1.165, 1.54) is 0 Å². The Bertz CT molecular complexity index is 496. The van der Waals surface area contributed by atoms with E-state index in [9.17, 15) is 4.79 Å². The third-order valence-electron chi connectivity index (χ3n) is 3.93. The van der Waals surface area contributed by atoms with Gasteiger partial charge in [0.1, 0.15) is 0 Å².